The fraction of sp³-hybridized carbons (Fsp3) is 0.667. The fourth-order valence-corrected chi connectivity index (χ4v) is 4.77. The van der Waals surface area contributed by atoms with Crippen LogP contribution in [0.25, 0.3) is 0 Å². The first-order chi connectivity index (χ1) is 10.3. The van der Waals surface area contributed by atoms with Gasteiger partial charge in [-0.25, -0.2) is 0 Å². The topological polar surface area (TPSA) is 15.3 Å². The van der Waals surface area contributed by atoms with Gasteiger partial charge in [0.15, 0.2) is 0 Å². The lowest BCUT2D eigenvalue weighted by Crippen LogP contribution is -2.63. The van der Waals surface area contributed by atoms with Gasteiger partial charge in [0.05, 0.1) is 0 Å². The number of benzene rings is 1. The standard InChI is InChI=1S/C18H25BrN2/c19-16-6-2-1-5-15(16)12-21-13-18(9-3-4-10-18)20-11-17(21)14-7-8-14/h1-2,5-6,14,17,20H,3-4,7-13H2. The maximum absolute atomic E-state index is 3.94. The van der Waals surface area contributed by atoms with Crippen LogP contribution in [0.5, 0.6) is 0 Å². The van der Waals surface area contributed by atoms with Crippen molar-refractivity contribution in [2.24, 2.45) is 5.92 Å². The number of hydrogen-bond acceptors (Lipinski definition) is 2. The minimum Gasteiger partial charge on any atom is -0.308 e. The molecule has 0 amide bonds. The Hall–Kier alpha value is -0.380. The molecule has 1 unspecified atom stereocenters. The van der Waals surface area contributed by atoms with Gasteiger partial charge >= 0.3 is 0 Å². The largest absolute Gasteiger partial charge is 0.308 e. The Morgan fingerprint density at radius 1 is 1.19 bits per heavy atom. The highest BCUT2D eigenvalue weighted by molar-refractivity contribution is 9.10. The Labute approximate surface area is 136 Å². The van der Waals surface area contributed by atoms with Gasteiger partial charge in [0.1, 0.15) is 0 Å². The van der Waals surface area contributed by atoms with E-state index in [0.717, 1.165) is 18.5 Å². The van der Waals surface area contributed by atoms with Crippen molar-refractivity contribution in [3.8, 4) is 0 Å². The fourth-order valence-electron chi connectivity index (χ4n) is 4.36. The summed E-state index contributed by atoms with van der Waals surface area (Å²) in [6.45, 7) is 3.55. The van der Waals surface area contributed by atoms with Gasteiger partial charge in [-0.3, -0.25) is 4.90 Å². The first kappa shape index (κ1) is 14.2. The summed E-state index contributed by atoms with van der Waals surface area (Å²) in [4.78, 5) is 2.79. The van der Waals surface area contributed by atoms with Crippen molar-refractivity contribution in [1.82, 2.24) is 10.2 Å². The van der Waals surface area contributed by atoms with E-state index in [1.54, 1.807) is 0 Å². The van der Waals surface area contributed by atoms with Crippen molar-refractivity contribution in [2.45, 2.75) is 56.7 Å². The third-order valence-electron chi connectivity index (χ3n) is 5.72. The quantitative estimate of drug-likeness (QED) is 0.889. The third kappa shape index (κ3) is 2.93. The summed E-state index contributed by atoms with van der Waals surface area (Å²) in [7, 11) is 0. The molecule has 1 heterocycles. The van der Waals surface area contributed by atoms with Gasteiger partial charge < -0.3 is 5.32 Å². The molecule has 1 N–H and O–H groups in total. The molecule has 0 aromatic heterocycles. The van der Waals surface area contributed by atoms with Crippen LogP contribution in [0, 0.1) is 5.92 Å². The Bertz CT molecular complexity index is 506. The second kappa shape index (κ2) is 5.68. The van der Waals surface area contributed by atoms with Crippen molar-refractivity contribution in [3.63, 3.8) is 0 Å². The second-order valence-corrected chi connectivity index (χ2v) is 8.12. The van der Waals surface area contributed by atoms with Crippen LogP contribution in [0.3, 0.4) is 0 Å². The summed E-state index contributed by atoms with van der Waals surface area (Å²) < 4.78 is 1.26. The van der Waals surface area contributed by atoms with Crippen LogP contribution in [0.4, 0.5) is 0 Å². The van der Waals surface area contributed by atoms with Crippen LogP contribution in [-0.4, -0.2) is 29.6 Å². The molecule has 1 aromatic rings. The van der Waals surface area contributed by atoms with Crippen molar-refractivity contribution in [3.05, 3.63) is 34.3 Å². The van der Waals surface area contributed by atoms with Gasteiger partial charge in [0.25, 0.3) is 0 Å². The van der Waals surface area contributed by atoms with Gasteiger partial charge in [-0.2, -0.15) is 0 Å². The Balaban J connectivity index is 1.54. The molecule has 3 aliphatic rings. The molecule has 1 aliphatic heterocycles. The normalized spacial score (nSPS) is 29.1. The molecule has 1 atom stereocenters. The Kier molecular flexibility index (Phi) is 3.85. The molecule has 1 saturated heterocycles. The minimum atomic E-state index is 0.423. The van der Waals surface area contributed by atoms with E-state index in [2.05, 4.69) is 50.4 Å². The summed E-state index contributed by atoms with van der Waals surface area (Å²) in [6.07, 6.45) is 8.43. The molecule has 3 fully saturated rings. The zero-order chi connectivity index (χ0) is 14.3. The third-order valence-corrected chi connectivity index (χ3v) is 6.49. The zero-order valence-electron chi connectivity index (χ0n) is 12.7. The second-order valence-electron chi connectivity index (χ2n) is 7.27. The van der Waals surface area contributed by atoms with Gasteiger partial charge in [0.2, 0.25) is 0 Å². The van der Waals surface area contributed by atoms with Crippen molar-refractivity contribution in [2.75, 3.05) is 13.1 Å². The van der Waals surface area contributed by atoms with E-state index in [9.17, 15) is 0 Å². The molecule has 2 saturated carbocycles. The van der Waals surface area contributed by atoms with Gasteiger partial charge in [-0.05, 0) is 43.2 Å². The number of hydrogen-bond donors (Lipinski definition) is 1. The lowest BCUT2D eigenvalue weighted by molar-refractivity contribution is 0.0626. The summed E-state index contributed by atoms with van der Waals surface area (Å²) in [5.41, 5.74) is 1.87. The lowest BCUT2D eigenvalue weighted by atomic mass is 9.90. The monoisotopic (exact) mass is 348 g/mol. The SMILES string of the molecule is Brc1ccccc1CN1CC2(CCCC2)NCC1C1CC1. The van der Waals surface area contributed by atoms with E-state index in [4.69, 9.17) is 0 Å². The van der Waals surface area contributed by atoms with E-state index < -0.39 is 0 Å². The van der Waals surface area contributed by atoms with Crippen LogP contribution in [-0.2, 0) is 6.54 Å². The molecule has 1 aromatic carbocycles. The highest BCUT2D eigenvalue weighted by Gasteiger charge is 2.45. The smallest absolute Gasteiger partial charge is 0.0309 e. The van der Waals surface area contributed by atoms with Crippen molar-refractivity contribution < 1.29 is 0 Å². The van der Waals surface area contributed by atoms with Crippen molar-refractivity contribution in [1.29, 1.82) is 0 Å². The molecule has 0 bridgehead atoms. The maximum Gasteiger partial charge on any atom is 0.0309 e. The molecular formula is C18H25BrN2. The van der Waals surface area contributed by atoms with Gasteiger partial charge in [0, 0.05) is 35.7 Å². The van der Waals surface area contributed by atoms with Crippen molar-refractivity contribution >= 4 is 15.9 Å². The average molecular weight is 349 g/mol. The Morgan fingerprint density at radius 3 is 2.67 bits per heavy atom. The van der Waals surface area contributed by atoms with Gasteiger partial charge in [-0.1, -0.05) is 47.0 Å². The number of nitrogens with zero attached hydrogens (tertiary/aromatic N) is 1. The van der Waals surface area contributed by atoms with Crippen LogP contribution >= 0.6 is 15.9 Å². The first-order valence-electron chi connectivity index (χ1n) is 8.48. The summed E-state index contributed by atoms with van der Waals surface area (Å²) >= 11 is 3.73. The summed E-state index contributed by atoms with van der Waals surface area (Å²) in [5, 5.41) is 3.94. The molecule has 21 heavy (non-hydrogen) atoms. The van der Waals surface area contributed by atoms with Crippen LogP contribution < -0.4 is 5.32 Å². The summed E-state index contributed by atoms with van der Waals surface area (Å²) in [6, 6.07) is 9.48. The minimum absolute atomic E-state index is 0.423. The number of nitrogens with one attached hydrogen (secondary N) is 1. The number of halogens is 1. The maximum atomic E-state index is 3.94. The average Bonchev–Trinajstić information content (AvgIpc) is 3.23. The van der Waals surface area contributed by atoms with E-state index in [1.165, 1.54) is 61.7 Å². The predicted molar refractivity (Wildman–Crippen MR) is 90.3 cm³/mol. The van der Waals surface area contributed by atoms with E-state index >= 15 is 0 Å². The molecule has 1 spiro atoms. The van der Waals surface area contributed by atoms with Gasteiger partial charge in [-0.15, -0.1) is 0 Å². The van der Waals surface area contributed by atoms with E-state index in [-0.39, 0.29) is 0 Å². The summed E-state index contributed by atoms with van der Waals surface area (Å²) in [5.74, 6) is 0.943. The first-order valence-corrected chi connectivity index (χ1v) is 9.28. The van der Waals surface area contributed by atoms with Crippen LogP contribution in [0.15, 0.2) is 28.7 Å². The molecular weight excluding hydrogens is 324 g/mol. The number of rotatable bonds is 3. The Morgan fingerprint density at radius 2 is 1.95 bits per heavy atom. The number of piperazine rings is 1. The van der Waals surface area contributed by atoms with E-state index in [1.807, 2.05) is 0 Å². The predicted octanol–water partition coefficient (Wildman–Crippen LogP) is 3.95. The molecule has 2 aliphatic carbocycles. The lowest BCUT2D eigenvalue weighted by Gasteiger charge is -2.47. The molecule has 2 nitrogen and oxygen atoms in total. The molecule has 3 heteroatoms. The molecule has 0 radical (unpaired) electrons. The molecule has 114 valence electrons. The van der Waals surface area contributed by atoms with Crippen LogP contribution in [0.2, 0.25) is 0 Å². The zero-order valence-corrected chi connectivity index (χ0v) is 14.2. The highest BCUT2D eigenvalue weighted by Crippen LogP contribution is 2.41. The molecule has 4 rings (SSSR count). The van der Waals surface area contributed by atoms with E-state index in [0.29, 0.717) is 5.54 Å². The highest BCUT2D eigenvalue weighted by atomic mass is 79.9. The van der Waals surface area contributed by atoms with Crippen LogP contribution in [0.1, 0.15) is 44.1 Å².